The van der Waals surface area contributed by atoms with Crippen molar-refractivity contribution in [1.29, 1.82) is 0 Å². The largest absolute Gasteiger partial charge is 0.399 e. The topological polar surface area (TPSA) is 55.1 Å². The molecule has 19 heavy (non-hydrogen) atoms. The van der Waals surface area contributed by atoms with Crippen LogP contribution >= 0.6 is 43.5 Å². The Bertz CT molecular complexity index is 606. The smallest absolute Gasteiger partial charge is 0.255 e. The van der Waals surface area contributed by atoms with E-state index >= 15 is 0 Å². The summed E-state index contributed by atoms with van der Waals surface area (Å²) in [5.41, 5.74) is 7.18. The molecule has 3 nitrogen and oxygen atoms in total. The number of hydrogen-bond donors (Lipinski definition) is 2. The molecule has 0 unspecified atom stereocenters. The summed E-state index contributed by atoms with van der Waals surface area (Å²) >= 11 is 12.6. The molecule has 6 heteroatoms. The van der Waals surface area contributed by atoms with Crippen molar-refractivity contribution in [2.75, 3.05) is 11.1 Å². The van der Waals surface area contributed by atoms with Gasteiger partial charge < -0.3 is 11.1 Å². The molecule has 2 aromatic rings. The first kappa shape index (κ1) is 14.4. The molecule has 0 heterocycles. The minimum atomic E-state index is -0.276. The molecule has 1 amide bonds. The second-order valence-corrected chi connectivity index (χ2v) is 5.97. The maximum Gasteiger partial charge on any atom is 0.255 e. The van der Waals surface area contributed by atoms with Gasteiger partial charge >= 0.3 is 0 Å². The summed E-state index contributed by atoms with van der Waals surface area (Å²) < 4.78 is 1.57. The molecule has 0 aliphatic heterocycles. The fourth-order valence-electron chi connectivity index (χ4n) is 1.55. The summed E-state index contributed by atoms with van der Waals surface area (Å²) in [6, 6.07) is 10.3. The Kier molecular flexibility index (Phi) is 4.50. The summed E-state index contributed by atoms with van der Waals surface area (Å²) in [7, 11) is 0. The van der Waals surface area contributed by atoms with E-state index in [0.717, 1.165) is 8.95 Å². The lowest BCUT2D eigenvalue weighted by atomic mass is 10.2. The molecule has 0 atom stereocenters. The van der Waals surface area contributed by atoms with E-state index in [9.17, 15) is 4.79 Å². The number of para-hydroxylation sites is 1. The van der Waals surface area contributed by atoms with Gasteiger partial charge in [-0.15, -0.1) is 0 Å². The van der Waals surface area contributed by atoms with E-state index in [2.05, 4.69) is 37.2 Å². The average molecular weight is 404 g/mol. The lowest BCUT2D eigenvalue weighted by molar-refractivity contribution is 0.102. The maximum atomic E-state index is 12.2. The predicted molar refractivity (Wildman–Crippen MR) is 85.7 cm³/mol. The summed E-state index contributed by atoms with van der Waals surface area (Å²) in [6.07, 6.45) is 0. The molecule has 2 rings (SSSR count). The van der Waals surface area contributed by atoms with Gasteiger partial charge in [-0.25, -0.2) is 0 Å². The van der Waals surface area contributed by atoms with Crippen molar-refractivity contribution in [2.45, 2.75) is 0 Å². The van der Waals surface area contributed by atoms with Crippen LogP contribution in [0.25, 0.3) is 0 Å². The van der Waals surface area contributed by atoms with Gasteiger partial charge in [0.2, 0.25) is 0 Å². The fourth-order valence-corrected chi connectivity index (χ4v) is 2.99. The summed E-state index contributed by atoms with van der Waals surface area (Å²) in [5.74, 6) is -0.276. The van der Waals surface area contributed by atoms with Gasteiger partial charge in [0.15, 0.2) is 0 Å². The highest BCUT2D eigenvalue weighted by molar-refractivity contribution is 9.11. The minimum absolute atomic E-state index is 0.276. The van der Waals surface area contributed by atoms with Gasteiger partial charge in [-0.1, -0.05) is 17.7 Å². The number of anilines is 2. The van der Waals surface area contributed by atoms with E-state index in [0.29, 0.717) is 22.0 Å². The fraction of sp³-hybridized carbons (Fsp3) is 0. The molecule has 0 aliphatic carbocycles. The zero-order valence-electron chi connectivity index (χ0n) is 9.58. The zero-order valence-corrected chi connectivity index (χ0v) is 13.5. The summed E-state index contributed by atoms with van der Waals surface area (Å²) in [5, 5.41) is 3.23. The summed E-state index contributed by atoms with van der Waals surface area (Å²) in [6.45, 7) is 0. The first-order chi connectivity index (χ1) is 8.97. The van der Waals surface area contributed by atoms with Crippen LogP contribution in [0.15, 0.2) is 45.3 Å². The van der Waals surface area contributed by atoms with Gasteiger partial charge in [0.05, 0.1) is 5.69 Å². The first-order valence-electron chi connectivity index (χ1n) is 5.29. The quantitative estimate of drug-likeness (QED) is 0.713. The predicted octanol–water partition coefficient (Wildman–Crippen LogP) is 4.70. The van der Waals surface area contributed by atoms with Gasteiger partial charge in [0, 0.05) is 25.2 Å². The first-order valence-corrected chi connectivity index (χ1v) is 7.25. The number of rotatable bonds is 2. The van der Waals surface area contributed by atoms with Crippen LogP contribution in [0.4, 0.5) is 11.4 Å². The van der Waals surface area contributed by atoms with Crippen molar-refractivity contribution in [3.63, 3.8) is 0 Å². The Hall–Kier alpha value is -1.04. The van der Waals surface area contributed by atoms with Crippen LogP contribution in [0, 0.1) is 0 Å². The van der Waals surface area contributed by atoms with Crippen LogP contribution in [0.3, 0.4) is 0 Å². The molecule has 0 radical (unpaired) electrons. The highest BCUT2D eigenvalue weighted by Gasteiger charge is 2.12. The molecule has 0 aromatic heterocycles. The van der Waals surface area contributed by atoms with Crippen LogP contribution in [0.2, 0.25) is 5.02 Å². The molecular formula is C13H9Br2ClN2O. The van der Waals surface area contributed by atoms with Gasteiger partial charge in [-0.2, -0.15) is 0 Å². The third-order valence-electron chi connectivity index (χ3n) is 2.38. The van der Waals surface area contributed by atoms with Crippen molar-refractivity contribution in [3.8, 4) is 0 Å². The molecule has 0 saturated carbocycles. The van der Waals surface area contributed by atoms with Gasteiger partial charge in [0.25, 0.3) is 5.91 Å². The van der Waals surface area contributed by atoms with Crippen LogP contribution in [0.5, 0.6) is 0 Å². The van der Waals surface area contributed by atoms with Crippen LogP contribution in [-0.2, 0) is 0 Å². The molecule has 0 bridgehead atoms. The maximum absolute atomic E-state index is 12.2. The van der Waals surface area contributed by atoms with E-state index in [1.807, 2.05) is 18.2 Å². The van der Waals surface area contributed by atoms with Crippen LogP contribution < -0.4 is 11.1 Å². The van der Waals surface area contributed by atoms with Gasteiger partial charge in [-0.05, 0) is 62.2 Å². The SMILES string of the molecule is Nc1cc(Cl)cc(C(=O)Nc2c(Br)cccc2Br)c1. The molecular weight excluding hydrogens is 395 g/mol. The molecule has 0 spiro atoms. The molecule has 98 valence electrons. The van der Waals surface area contributed by atoms with Gasteiger partial charge in [-0.3, -0.25) is 4.79 Å². The number of amides is 1. The van der Waals surface area contributed by atoms with Crippen molar-refractivity contribution >= 4 is 60.7 Å². The third-order valence-corrected chi connectivity index (χ3v) is 3.92. The minimum Gasteiger partial charge on any atom is -0.399 e. The van der Waals surface area contributed by atoms with Crippen LogP contribution in [0.1, 0.15) is 10.4 Å². The Morgan fingerprint density at radius 2 is 1.79 bits per heavy atom. The second-order valence-electron chi connectivity index (χ2n) is 3.82. The normalized spacial score (nSPS) is 10.3. The Balaban J connectivity index is 2.31. The van der Waals surface area contributed by atoms with E-state index in [-0.39, 0.29) is 5.91 Å². The standard InChI is InChI=1S/C13H9Br2ClN2O/c14-10-2-1-3-11(15)12(10)18-13(19)7-4-8(16)6-9(17)5-7/h1-6H,17H2,(H,18,19). The van der Waals surface area contributed by atoms with Crippen molar-refractivity contribution in [3.05, 3.63) is 55.9 Å². The van der Waals surface area contributed by atoms with Crippen LogP contribution in [-0.4, -0.2) is 5.91 Å². The molecule has 0 aliphatic rings. The lowest BCUT2D eigenvalue weighted by Gasteiger charge is -2.10. The van der Waals surface area contributed by atoms with E-state index < -0.39 is 0 Å². The Morgan fingerprint density at radius 3 is 2.37 bits per heavy atom. The molecule has 0 fully saturated rings. The zero-order chi connectivity index (χ0) is 14.0. The van der Waals surface area contributed by atoms with Crippen molar-refractivity contribution in [1.82, 2.24) is 0 Å². The number of carbonyl (C=O) groups is 1. The Morgan fingerprint density at radius 1 is 1.16 bits per heavy atom. The molecule has 3 N–H and O–H groups in total. The second kappa shape index (κ2) is 5.94. The van der Waals surface area contributed by atoms with Crippen molar-refractivity contribution in [2.24, 2.45) is 0 Å². The number of carbonyl (C=O) groups excluding carboxylic acids is 1. The third kappa shape index (κ3) is 3.49. The van der Waals surface area contributed by atoms with E-state index in [1.54, 1.807) is 18.2 Å². The Labute approximate surface area is 132 Å². The monoisotopic (exact) mass is 402 g/mol. The highest BCUT2D eigenvalue weighted by atomic mass is 79.9. The highest BCUT2D eigenvalue weighted by Crippen LogP contribution is 2.31. The lowest BCUT2D eigenvalue weighted by Crippen LogP contribution is -2.13. The summed E-state index contributed by atoms with van der Waals surface area (Å²) in [4.78, 5) is 12.2. The molecule has 2 aromatic carbocycles. The number of halogens is 3. The number of benzene rings is 2. The van der Waals surface area contributed by atoms with Gasteiger partial charge in [0.1, 0.15) is 0 Å². The van der Waals surface area contributed by atoms with E-state index in [1.165, 1.54) is 0 Å². The number of nitrogens with one attached hydrogen (secondary N) is 1. The number of nitrogen functional groups attached to an aromatic ring is 1. The number of nitrogens with two attached hydrogens (primary N) is 1. The molecule has 0 saturated heterocycles. The average Bonchev–Trinajstić information content (AvgIpc) is 2.32. The van der Waals surface area contributed by atoms with Crippen molar-refractivity contribution < 1.29 is 4.79 Å². The number of hydrogen-bond acceptors (Lipinski definition) is 2. The van der Waals surface area contributed by atoms with E-state index in [4.69, 9.17) is 17.3 Å².